The minimum atomic E-state index is -0.352. The van der Waals surface area contributed by atoms with Gasteiger partial charge < -0.3 is 9.84 Å². The lowest BCUT2D eigenvalue weighted by Gasteiger charge is -2.33. The molecule has 0 fully saturated rings. The maximum atomic E-state index is 11.2. The van der Waals surface area contributed by atoms with Gasteiger partial charge in [0, 0.05) is 12.0 Å². The number of fused-ring (bicyclic) bond motifs is 1. The fourth-order valence-corrected chi connectivity index (χ4v) is 3.97. The Hall–Kier alpha value is -2.48. The lowest BCUT2D eigenvalue weighted by atomic mass is 9.89. The molecule has 0 aliphatic carbocycles. The number of aryl methyl sites for hydroxylation is 1. The summed E-state index contributed by atoms with van der Waals surface area (Å²) in [6.07, 6.45) is 21.3. The molecule has 1 aromatic carbocycles. The summed E-state index contributed by atoms with van der Waals surface area (Å²) in [5.74, 6) is 1.16. The van der Waals surface area contributed by atoms with E-state index in [1.165, 1.54) is 29.6 Å². The second kappa shape index (κ2) is 11.8. The molecule has 168 valence electrons. The van der Waals surface area contributed by atoms with Crippen molar-refractivity contribution in [1.29, 1.82) is 0 Å². The Balaban J connectivity index is 2.40. The monoisotopic (exact) mass is 420 g/mol. The first kappa shape index (κ1) is 24.8. The molecule has 0 aromatic heterocycles. The second-order valence-electron chi connectivity index (χ2n) is 8.94. The van der Waals surface area contributed by atoms with Gasteiger partial charge in [0.25, 0.3) is 0 Å². The SMILES string of the molecule is C=C/C=C\C(=C/C)Cc1c(CCCCC)cc2c(c1O)C=CC(C)(CCC=C(C)C)O2. The van der Waals surface area contributed by atoms with Crippen molar-refractivity contribution in [1.82, 2.24) is 0 Å². The third-order valence-corrected chi connectivity index (χ3v) is 5.89. The Kier molecular flexibility index (Phi) is 9.43. The average Bonchev–Trinajstić information content (AvgIpc) is 2.72. The summed E-state index contributed by atoms with van der Waals surface area (Å²) in [6.45, 7) is 14.4. The van der Waals surface area contributed by atoms with Crippen LogP contribution in [0.4, 0.5) is 0 Å². The molecular formula is C29H40O2. The topological polar surface area (TPSA) is 29.5 Å². The molecule has 2 nitrogen and oxygen atoms in total. The quantitative estimate of drug-likeness (QED) is 0.222. The van der Waals surface area contributed by atoms with E-state index in [0.29, 0.717) is 12.2 Å². The summed E-state index contributed by atoms with van der Waals surface area (Å²) in [6, 6.07) is 2.17. The molecule has 1 unspecified atom stereocenters. The minimum Gasteiger partial charge on any atom is -0.507 e. The minimum absolute atomic E-state index is 0.352. The van der Waals surface area contributed by atoms with Gasteiger partial charge in [-0.05, 0) is 82.7 Å². The standard InChI is InChI=1S/C29H40O2/c1-7-10-12-16-24-21-27-25(17-19-29(6,31-27)18-13-14-22(4)5)28(30)26(24)20-23(9-3)15-11-8-2/h8-9,11,14-15,17,19,21,30H,2,7,10,12-13,16,18,20H2,1,3-6H3/b15-11-,23-9+. The van der Waals surface area contributed by atoms with Gasteiger partial charge in [0.05, 0.1) is 5.56 Å². The number of phenols is 1. The van der Waals surface area contributed by atoms with Crippen LogP contribution in [-0.4, -0.2) is 10.7 Å². The molecule has 0 saturated heterocycles. The maximum absolute atomic E-state index is 11.2. The van der Waals surface area contributed by atoms with Crippen LogP contribution < -0.4 is 4.74 Å². The van der Waals surface area contributed by atoms with E-state index in [0.717, 1.165) is 42.6 Å². The third-order valence-electron chi connectivity index (χ3n) is 5.89. The van der Waals surface area contributed by atoms with Crippen LogP contribution in [0.15, 0.2) is 60.2 Å². The first-order valence-electron chi connectivity index (χ1n) is 11.7. The van der Waals surface area contributed by atoms with Crippen LogP contribution in [0.3, 0.4) is 0 Å². The van der Waals surface area contributed by atoms with E-state index < -0.39 is 0 Å². The first-order valence-corrected chi connectivity index (χ1v) is 11.7. The van der Waals surface area contributed by atoms with E-state index in [-0.39, 0.29) is 5.60 Å². The lowest BCUT2D eigenvalue weighted by molar-refractivity contribution is 0.128. The van der Waals surface area contributed by atoms with Crippen LogP contribution >= 0.6 is 0 Å². The number of unbranched alkanes of at least 4 members (excludes halogenated alkanes) is 2. The number of allylic oxidation sites excluding steroid dienone is 7. The van der Waals surface area contributed by atoms with E-state index >= 15 is 0 Å². The third kappa shape index (κ3) is 7.02. The van der Waals surface area contributed by atoms with Crippen molar-refractivity contribution in [3.05, 3.63) is 76.9 Å². The normalized spacial score (nSPS) is 18.0. The smallest absolute Gasteiger partial charge is 0.131 e. The highest BCUT2D eigenvalue weighted by molar-refractivity contribution is 5.70. The Morgan fingerprint density at radius 3 is 2.68 bits per heavy atom. The molecule has 1 aliphatic rings. The Morgan fingerprint density at radius 1 is 1.26 bits per heavy atom. The van der Waals surface area contributed by atoms with E-state index in [1.807, 2.05) is 19.1 Å². The fourth-order valence-electron chi connectivity index (χ4n) is 3.97. The highest BCUT2D eigenvalue weighted by atomic mass is 16.5. The van der Waals surface area contributed by atoms with Crippen LogP contribution in [0.5, 0.6) is 11.5 Å². The van der Waals surface area contributed by atoms with Gasteiger partial charge in [-0.3, -0.25) is 0 Å². The molecule has 0 amide bonds. The lowest BCUT2D eigenvalue weighted by Crippen LogP contribution is -2.31. The Bertz CT molecular complexity index is 878. The van der Waals surface area contributed by atoms with E-state index in [2.05, 4.69) is 64.6 Å². The molecule has 0 saturated carbocycles. The van der Waals surface area contributed by atoms with E-state index in [1.54, 1.807) is 6.08 Å². The number of ether oxygens (including phenoxy) is 1. The molecule has 0 radical (unpaired) electrons. The van der Waals surface area contributed by atoms with Crippen molar-refractivity contribution in [2.45, 2.75) is 85.2 Å². The van der Waals surface area contributed by atoms with E-state index in [4.69, 9.17) is 4.74 Å². The number of benzene rings is 1. The van der Waals surface area contributed by atoms with Gasteiger partial charge >= 0.3 is 0 Å². The van der Waals surface area contributed by atoms with Gasteiger partial charge in [-0.1, -0.05) is 62.3 Å². The number of hydrogen-bond donors (Lipinski definition) is 1. The number of hydrogen-bond acceptors (Lipinski definition) is 2. The van der Waals surface area contributed by atoms with Crippen molar-refractivity contribution in [2.24, 2.45) is 0 Å². The van der Waals surface area contributed by atoms with Crippen molar-refractivity contribution in [2.75, 3.05) is 0 Å². The summed E-state index contributed by atoms with van der Waals surface area (Å²) >= 11 is 0. The molecule has 2 rings (SSSR count). The molecule has 31 heavy (non-hydrogen) atoms. The predicted octanol–water partition coefficient (Wildman–Crippen LogP) is 8.27. The van der Waals surface area contributed by atoms with Crippen LogP contribution in [0.2, 0.25) is 0 Å². The molecular weight excluding hydrogens is 380 g/mol. The summed E-state index contributed by atoms with van der Waals surface area (Å²) in [5.41, 5.74) is 5.15. The van der Waals surface area contributed by atoms with E-state index in [9.17, 15) is 5.11 Å². The highest BCUT2D eigenvalue weighted by Gasteiger charge is 2.29. The molecule has 1 aliphatic heterocycles. The number of rotatable bonds is 11. The zero-order valence-electron chi connectivity index (χ0n) is 20.1. The number of phenolic OH excluding ortho intramolecular Hbond substituents is 1. The molecule has 1 atom stereocenters. The second-order valence-corrected chi connectivity index (χ2v) is 8.94. The summed E-state index contributed by atoms with van der Waals surface area (Å²) in [5, 5.41) is 11.2. The fraction of sp³-hybridized carbons (Fsp3) is 0.448. The van der Waals surface area contributed by atoms with Gasteiger partial charge in [0.1, 0.15) is 17.1 Å². The first-order chi connectivity index (χ1) is 14.8. The van der Waals surface area contributed by atoms with Gasteiger partial charge in [0.15, 0.2) is 0 Å². The van der Waals surface area contributed by atoms with Gasteiger partial charge in [-0.25, -0.2) is 0 Å². The van der Waals surface area contributed by atoms with Crippen molar-refractivity contribution >= 4 is 6.08 Å². The van der Waals surface area contributed by atoms with Crippen LogP contribution in [-0.2, 0) is 12.8 Å². The Morgan fingerprint density at radius 2 is 2.03 bits per heavy atom. The van der Waals surface area contributed by atoms with Crippen LogP contribution in [0.1, 0.15) is 83.4 Å². The maximum Gasteiger partial charge on any atom is 0.131 e. The largest absolute Gasteiger partial charge is 0.507 e. The summed E-state index contributed by atoms with van der Waals surface area (Å²) in [4.78, 5) is 0. The van der Waals surface area contributed by atoms with Crippen molar-refractivity contribution < 1.29 is 9.84 Å². The predicted molar refractivity (Wildman–Crippen MR) is 135 cm³/mol. The molecule has 0 spiro atoms. The van der Waals surface area contributed by atoms with Gasteiger partial charge in [-0.15, -0.1) is 0 Å². The van der Waals surface area contributed by atoms with Crippen LogP contribution in [0, 0.1) is 0 Å². The molecule has 1 heterocycles. The van der Waals surface area contributed by atoms with Gasteiger partial charge in [-0.2, -0.15) is 0 Å². The zero-order valence-corrected chi connectivity index (χ0v) is 20.1. The summed E-state index contributed by atoms with van der Waals surface area (Å²) < 4.78 is 6.46. The number of aromatic hydroxyl groups is 1. The summed E-state index contributed by atoms with van der Waals surface area (Å²) in [7, 11) is 0. The molecule has 1 N–H and O–H groups in total. The van der Waals surface area contributed by atoms with Crippen LogP contribution in [0.25, 0.3) is 6.08 Å². The molecule has 2 heteroatoms. The van der Waals surface area contributed by atoms with Crippen molar-refractivity contribution in [3.63, 3.8) is 0 Å². The molecule has 0 bridgehead atoms. The van der Waals surface area contributed by atoms with Gasteiger partial charge in [0.2, 0.25) is 0 Å². The zero-order chi connectivity index (χ0) is 22.9. The Labute approximate surface area is 189 Å². The molecule has 1 aromatic rings. The average molecular weight is 421 g/mol. The van der Waals surface area contributed by atoms with Crippen molar-refractivity contribution in [3.8, 4) is 11.5 Å². The highest BCUT2D eigenvalue weighted by Crippen LogP contribution is 2.42.